The first-order valence-corrected chi connectivity index (χ1v) is 5.91. The predicted molar refractivity (Wildman–Crippen MR) is 67.0 cm³/mol. The SMILES string of the molecule is CC(C)Cc1ccc(CCC(C)N)cc1. The fourth-order valence-corrected chi connectivity index (χ4v) is 1.71. The first-order valence-electron chi connectivity index (χ1n) is 5.91. The summed E-state index contributed by atoms with van der Waals surface area (Å²) in [6.45, 7) is 6.57. The Balaban J connectivity index is 2.49. The Hall–Kier alpha value is -0.820. The zero-order chi connectivity index (χ0) is 11.3. The molecule has 1 unspecified atom stereocenters. The van der Waals surface area contributed by atoms with Crippen molar-refractivity contribution in [3.05, 3.63) is 35.4 Å². The molecule has 0 fully saturated rings. The maximum absolute atomic E-state index is 5.74. The fourth-order valence-electron chi connectivity index (χ4n) is 1.71. The fraction of sp³-hybridized carbons (Fsp3) is 0.571. The maximum atomic E-state index is 5.74. The number of hydrogen-bond donors (Lipinski definition) is 1. The monoisotopic (exact) mass is 205 g/mol. The van der Waals surface area contributed by atoms with E-state index >= 15 is 0 Å². The molecule has 0 spiro atoms. The Kier molecular flexibility index (Phi) is 4.83. The average Bonchev–Trinajstić information content (AvgIpc) is 2.16. The molecule has 0 heterocycles. The van der Waals surface area contributed by atoms with Gasteiger partial charge in [-0.3, -0.25) is 0 Å². The van der Waals surface area contributed by atoms with Gasteiger partial charge in [-0.1, -0.05) is 38.1 Å². The number of rotatable bonds is 5. The van der Waals surface area contributed by atoms with E-state index in [1.165, 1.54) is 17.5 Å². The number of hydrogen-bond acceptors (Lipinski definition) is 1. The minimum absolute atomic E-state index is 0.306. The van der Waals surface area contributed by atoms with Crippen molar-refractivity contribution in [1.82, 2.24) is 0 Å². The van der Waals surface area contributed by atoms with Gasteiger partial charge in [-0.25, -0.2) is 0 Å². The van der Waals surface area contributed by atoms with Crippen LogP contribution in [0.1, 0.15) is 38.3 Å². The second kappa shape index (κ2) is 5.92. The molecule has 0 radical (unpaired) electrons. The van der Waals surface area contributed by atoms with E-state index in [0.717, 1.165) is 18.8 Å². The van der Waals surface area contributed by atoms with Crippen LogP contribution in [0, 0.1) is 5.92 Å². The van der Waals surface area contributed by atoms with Crippen molar-refractivity contribution in [3.8, 4) is 0 Å². The zero-order valence-electron chi connectivity index (χ0n) is 10.2. The van der Waals surface area contributed by atoms with E-state index in [4.69, 9.17) is 5.73 Å². The summed E-state index contributed by atoms with van der Waals surface area (Å²) in [5.41, 5.74) is 8.58. The van der Waals surface area contributed by atoms with E-state index in [0.29, 0.717) is 6.04 Å². The molecule has 0 bridgehead atoms. The van der Waals surface area contributed by atoms with Gasteiger partial charge in [-0.05, 0) is 43.2 Å². The summed E-state index contributed by atoms with van der Waals surface area (Å²) in [7, 11) is 0. The summed E-state index contributed by atoms with van der Waals surface area (Å²) in [6.07, 6.45) is 3.34. The van der Waals surface area contributed by atoms with Crippen molar-refractivity contribution in [2.45, 2.75) is 46.1 Å². The highest BCUT2D eigenvalue weighted by atomic mass is 14.6. The lowest BCUT2D eigenvalue weighted by Crippen LogP contribution is -2.15. The highest BCUT2D eigenvalue weighted by Gasteiger charge is 1.99. The summed E-state index contributed by atoms with van der Waals surface area (Å²) in [4.78, 5) is 0. The molecule has 15 heavy (non-hydrogen) atoms. The van der Waals surface area contributed by atoms with Gasteiger partial charge in [0.2, 0.25) is 0 Å². The largest absolute Gasteiger partial charge is 0.328 e. The third kappa shape index (κ3) is 4.98. The Morgan fingerprint density at radius 3 is 2.00 bits per heavy atom. The van der Waals surface area contributed by atoms with Crippen molar-refractivity contribution in [3.63, 3.8) is 0 Å². The van der Waals surface area contributed by atoms with Crippen LogP contribution in [0.5, 0.6) is 0 Å². The van der Waals surface area contributed by atoms with Gasteiger partial charge in [0.1, 0.15) is 0 Å². The highest BCUT2D eigenvalue weighted by molar-refractivity contribution is 5.23. The van der Waals surface area contributed by atoms with Crippen LogP contribution in [0.25, 0.3) is 0 Å². The van der Waals surface area contributed by atoms with Crippen LogP contribution in [0.3, 0.4) is 0 Å². The second-order valence-electron chi connectivity index (χ2n) is 4.93. The van der Waals surface area contributed by atoms with E-state index in [1.54, 1.807) is 0 Å². The van der Waals surface area contributed by atoms with Crippen LogP contribution in [-0.2, 0) is 12.8 Å². The van der Waals surface area contributed by atoms with Crippen LogP contribution >= 0.6 is 0 Å². The summed E-state index contributed by atoms with van der Waals surface area (Å²) in [5.74, 6) is 0.736. The van der Waals surface area contributed by atoms with Gasteiger partial charge in [-0.15, -0.1) is 0 Å². The van der Waals surface area contributed by atoms with Crippen LogP contribution in [0.4, 0.5) is 0 Å². The summed E-state index contributed by atoms with van der Waals surface area (Å²) in [5, 5.41) is 0. The first kappa shape index (κ1) is 12.3. The molecular weight excluding hydrogens is 182 g/mol. The Morgan fingerprint density at radius 1 is 1.00 bits per heavy atom. The highest BCUT2D eigenvalue weighted by Crippen LogP contribution is 2.11. The number of aryl methyl sites for hydroxylation is 1. The first-order chi connectivity index (χ1) is 7.08. The molecule has 0 aromatic heterocycles. The molecule has 1 rings (SSSR count). The Morgan fingerprint density at radius 2 is 1.53 bits per heavy atom. The molecule has 1 nitrogen and oxygen atoms in total. The smallest absolute Gasteiger partial charge is 0.00136 e. The van der Waals surface area contributed by atoms with E-state index in [9.17, 15) is 0 Å². The topological polar surface area (TPSA) is 26.0 Å². The average molecular weight is 205 g/mol. The molecule has 0 saturated heterocycles. The van der Waals surface area contributed by atoms with E-state index in [-0.39, 0.29) is 0 Å². The van der Waals surface area contributed by atoms with Crippen molar-refractivity contribution < 1.29 is 0 Å². The molecule has 1 aromatic rings. The maximum Gasteiger partial charge on any atom is 0.00136 e. The normalized spacial score (nSPS) is 13.1. The molecule has 0 amide bonds. The van der Waals surface area contributed by atoms with E-state index < -0.39 is 0 Å². The third-order valence-corrected chi connectivity index (χ3v) is 2.56. The number of nitrogens with two attached hydrogens (primary N) is 1. The lowest BCUT2D eigenvalue weighted by molar-refractivity contribution is 0.646. The molecule has 0 aliphatic heterocycles. The third-order valence-electron chi connectivity index (χ3n) is 2.56. The van der Waals surface area contributed by atoms with Crippen LogP contribution in [0.2, 0.25) is 0 Å². The van der Waals surface area contributed by atoms with Gasteiger partial charge in [0.05, 0.1) is 0 Å². The summed E-state index contributed by atoms with van der Waals surface area (Å²) >= 11 is 0. The van der Waals surface area contributed by atoms with Crippen LogP contribution in [-0.4, -0.2) is 6.04 Å². The van der Waals surface area contributed by atoms with Crippen LogP contribution in [0.15, 0.2) is 24.3 Å². The van der Waals surface area contributed by atoms with Gasteiger partial charge in [0, 0.05) is 6.04 Å². The van der Waals surface area contributed by atoms with Gasteiger partial charge < -0.3 is 5.73 Å². The summed E-state index contributed by atoms with van der Waals surface area (Å²) in [6, 6.07) is 9.27. The van der Waals surface area contributed by atoms with Gasteiger partial charge in [-0.2, -0.15) is 0 Å². The molecule has 2 N–H and O–H groups in total. The van der Waals surface area contributed by atoms with Crippen molar-refractivity contribution in [2.24, 2.45) is 11.7 Å². The Labute approximate surface area is 93.7 Å². The lowest BCUT2D eigenvalue weighted by Gasteiger charge is -2.07. The molecule has 84 valence electrons. The second-order valence-corrected chi connectivity index (χ2v) is 4.93. The lowest BCUT2D eigenvalue weighted by atomic mass is 10.00. The minimum Gasteiger partial charge on any atom is -0.328 e. The molecule has 1 atom stereocenters. The molecule has 1 heteroatoms. The van der Waals surface area contributed by atoms with Crippen molar-refractivity contribution in [2.75, 3.05) is 0 Å². The molecule has 0 aliphatic rings. The molecular formula is C14H23N. The predicted octanol–water partition coefficient (Wildman–Crippen LogP) is 3.16. The quantitative estimate of drug-likeness (QED) is 0.785. The standard InChI is InChI=1S/C14H23N/c1-11(2)10-14-8-6-13(7-9-14)5-4-12(3)15/h6-9,11-12H,4-5,10,15H2,1-3H3. The van der Waals surface area contributed by atoms with Crippen molar-refractivity contribution in [1.29, 1.82) is 0 Å². The minimum atomic E-state index is 0.306. The van der Waals surface area contributed by atoms with Crippen LogP contribution < -0.4 is 5.73 Å². The number of benzene rings is 1. The van der Waals surface area contributed by atoms with Gasteiger partial charge in [0.15, 0.2) is 0 Å². The summed E-state index contributed by atoms with van der Waals surface area (Å²) < 4.78 is 0. The molecule has 0 aliphatic carbocycles. The van der Waals surface area contributed by atoms with E-state index in [1.807, 2.05) is 0 Å². The zero-order valence-corrected chi connectivity index (χ0v) is 10.2. The Bertz CT molecular complexity index is 272. The van der Waals surface area contributed by atoms with E-state index in [2.05, 4.69) is 45.0 Å². The van der Waals surface area contributed by atoms with Gasteiger partial charge in [0.25, 0.3) is 0 Å². The molecule has 0 saturated carbocycles. The van der Waals surface area contributed by atoms with Gasteiger partial charge >= 0.3 is 0 Å². The molecule has 1 aromatic carbocycles. The van der Waals surface area contributed by atoms with Crippen molar-refractivity contribution >= 4 is 0 Å².